The van der Waals surface area contributed by atoms with Crippen LogP contribution < -0.4 is 5.56 Å². The van der Waals surface area contributed by atoms with E-state index in [0.717, 1.165) is 32.4 Å². The molecule has 0 bridgehead atoms. The second-order valence-corrected chi connectivity index (χ2v) is 5.04. The second-order valence-electron chi connectivity index (χ2n) is 4.67. The zero-order chi connectivity index (χ0) is 13.0. The highest BCUT2D eigenvalue weighted by atomic mass is 35.5. The van der Waals surface area contributed by atoms with Gasteiger partial charge in [-0.05, 0) is 31.2 Å². The van der Waals surface area contributed by atoms with E-state index in [9.17, 15) is 9.59 Å². The Labute approximate surface area is 111 Å². The largest absolute Gasteiger partial charge is 0.337 e. The number of nitrogens with one attached hydrogen (secondary N) is 1. The average Bonchev–Trinajstić information content (AvgIpc) is 2.39. The van der Waals surface area contributed by atoms with Gasteiger partial charge in [-0.15, -0.1) is 11.6 Å². The fraction of sp³-hybridized carbons (Fsp3) is 0.538. The summed E-state index contributed by atoms with van der Waals surface area (Å²) in [4.78, 5) is 27.8. The maximum absolute atomic E-state index is 12.2. The van der Waals surface area contributed by atoms with Crippen LogP contribution in [0.1, 0.15) is 29.8 Å². The molecule has 18 heavy (non-hydrogen) atoms. The van der Waals surface area contributed by atoms with Gasteiger partial charge in [0.1, 0.15) is 5.69 Å². The molecule has 0 aliphatic carbocycles. The van der Waals surface area contributed by atoms with E-state index in [-0.39, 0.29) is 11.5 Å². The van der Waals surface area contributed by atoms with Crippen molar-refractivity contribution < 1.29 is 4.79 Å². The summed E-state index contributed by atoms with van der Waals surface area (Å²) in [6.45, 7) is 1.50. The van der Waals surface area contributed by atoms with E-state index in [4.69, 9.17) is 11.6 Å². The minimum atomic E-state index is -0.241. The van der Waals surface area contributed by atoms with Gasteiger partial charge in [0.2, 0.25) is 5.56 Å². The summed E-state index contributed by atoms with van der Waals surface area (Å²) in [5.74, 6) is 1.03. The number of pyridine rings is 1. The van der Waals surface area contributed by atoms with Crippen LogP contribution in [0.5, 0.6) is 0 Å². The van der Waals surface area contributed by atoms with Crippen LogP contribution in [0, 0.1) is 5.92 Å². The van der Waals surface area contributed by atoms with Crippen LogP contribution in [-0.4, -0.2) is 34.8 Å². The van der Waals surface area contributed by atoms with E-state index < -0.39 is 0 Å². The molecule has 5 heteroatoms. The summed E-state index contributed by atoms with van der Waals surface area (Å²) in [6, 6.07) is 4.66. The Kier molecular flexibility index (Phi) is 4.42. The zero-order valence-corrected chi connectivity index (χ0v) is 10.9. The van der Waals surface area contributed by atoms with E-state index in [1.165, 1.54) is 6.07 Å². The van der Waals surface area contributed by atoms with Crippen molar-refractivity contribution in [3.05, 3.63) is 34.2 Å². The molecule has 4 nitrogen and oxygen atoms in total. The molecule has 1 fully saturated rings. The molecule has 0 saturated carbocycles. The molecule has 1 saturated heterocycles. The van der Waals surface area contributed by atoms with Gasteiger partial charge < -0.3 is 9.88 Å². The van der Waals surface area contributed by atoms with Crippen LogP contribution in [0.2, 0.25) is 0 Å². The highest BCUT2D eigenvalue weighted by Crippen LogP contribution is 2.21. The van der Waals surface area contributed by atoms with Crippen LogP contribution >= 0.6 is 11.6 Å². The van der Waals surface area contributed by atoms with Gasteiger partial charge in [0.15, 0.2) is 0 Å². The predicted octanol–water partition coefficient (Wildman–Crippen LogP) is 1.86. The van der Waals surface area contributed by atoms with Gasteiger partial charge in [0, 0.05) is 25.0 Å². The van der Waals surface area contributed by atoms with Gasteiger partial charge in [0.05, 0.1) is 0 Å². The van der Waals surface area contributed by atoms with Crippen molar-refractivity contribution >= 4 is 17.5 Å². The smallest absolute Gasteiger partial charge is 0.270 e. The number of carbonyl (C=O) groups excluding carboxylic acids is 1. The molecule has 0 radical (unpaired) electrons. The minimum Gasteiger partial charge on any atom is -0.337 e. The molecular weight excluding hydrogens is 252 g/mol. The number of likely N-dealkylation sites (tertiary alicyclic amines) is 1. The first-order chi connectivity index (χ1) is 8.70. The first-order valence-electron chi connectivity index (χ1n) is 6.25. The first-order valence-corrected chi connectivity index (χ1v) is 6.78. The number of hydrogen-bond donors (Lipinski definition) is 1. The predicted molar refractivity (Wildman–Crippen MR) is 71.0 cm³/mol. The number of rotatable bonds is 3. The summed E-state index contributed by atoms with van der Waals surface area (Å²) < 4.78 is 0. The van der Waals surface area contributed by atoms with Crippen molar-refractivity contribution in [1.82, 2.24) is 9.88 Å². The Bertz CT molecular complexity index is 470. The number of carbonyl (C=O) groups is 1. The first kappa shape index (κ1) is 13.1. The Morgan fingerprint density at radius 2 is 2.33 bits per heavy atom. The molecule has 0 spiro atoms. The topological polar surface area (TPSA) is 53.2 Å². The van der Waals surface area contributed by atoms with E-state index in [2.05, 4.69) is 4.98 Å². The fourth-order valence-corrected chi connectivity index (χ4v) is 2.69. The summed E-state index contributed by atoms with van der Waals surface area (Å²) in [6.07, 6.45) is 3.07. The molecule has 1 aromatic rings. The molecule has 1 aromatic heterocycles. The fourth-order valence-electron chi connectivity index (χ4n) is 2.38. The molecule has 1 unspecified atom stereocenters. The van der Waals surface area contributed by atoms with Gasteiger partial charge in [-0.25, -0.2) is 0 Å². The number of H-pyrrole nitrogens is 1. The summed E-state index contributed by atoms with van der Waals surface area (Å²) >= 11 is 5.75. The number of nitrogens with zero attached hydrogens (tertiary/aromatic N) is 1. The third-order valence-corrected chi connectivity index (χ3v) is 3.54. The summed E-state index contributed by atoms with van der Waals surface area (Å²) in [7, 11) is 0. The Morgan fingerprint density at radius 1 is 1.50 bits per heavy atom. The maximum atomic E-state index is 12.2. The number of amides is 1. The Balaban J connectivity index is 2.06. The molecule has 98 valence electrons. The van der Waals surface area contributed by atoms with E-state index >= 15 is 0 Å². The molecule has 0 aromatic carbocycles. The van der Waals surface area contributed by atoms with Crippen LogP contribution in [0.4, 0.5) is 0 Å². The van der Waals surface area contributed by atoms with E-state index in [0.29, 0.717) is 17.5 Å². The molecule has 2 heterocycles. The lowest BCUT2D eigenvalue weighted by atomic mass is 9.95. The number of hydrogen-bond acceptors (Lipinski definition) is 2. The van der Waals surface area contributed by atoms with Crippen molar-refractivity contribution in [2.75, 3.05) is 19.0 Å². The van der Waals surface area contributed by atoms with Gasteiger partial charge >= 0.3 is 0 Å². The van der Waals surface area contributed by atoms with Crippen molar-refractivity contribution in [2.24, 2.45) is 5.92 Å². The van der Waals surface area contributed by atoms with Gasteiger partial charge in [-0.2, -0.15) is 0 Å². The van der Waals surface area contributed by atoms with Crippen LogP contribution in [0.3, 0.4) is 0 Å². The lowest BCUT2D eigenvalue weighted by Gasteiger charge is -2.32. The number of halogens is 1. The third kappa shape index (κ3) is 3.13. The summed E-state index contributed by atoms with van der Waals surface area (Å²) in [5.41, 5.74) is 0.129. The molecule has 1 aliphatic heterocycles. The molecule has 1 amide bonds. The lowest BCUT2D eigenvalue weighted by Crippen LogP contribution is -2.40. The van der Waals surface area contributed by atoms with Gasteiger partial charge in [0.25, 0.3) is 5.91 Å². The minimum absolute atomic E-state index is 0.0908. The summed E-state index contributed by atoms with van der Waals surface area (Å²) in [5, 5.41) is 0. The number of aromatic amines is 1. The molecular formula is C13H17ClN2O2. The van der Waals surface area contributed by atoms with Crippen LogP contribution in [0.25, 0.3) is 0 Å². The zero-order valence-electron chi connectivity index (χ0n) is 10.2. The van der Waals surface area contributed by atoms with Crippen molar-refractivity contribution in [3.63, 3.8) is 0 Å². The Morgan fingerprint density at radius 3 is 3.06 bits per heavy atom. The average molecular weight is 269 g/mol. The van der Waals surface area contributed by atoms with E-state index in [1.54, 1.807) is 12.1 Å². The highest BCUT2D eigenvalue weighted by Gasteiger charge is 2.24. The molecule has 1 atom stereocenters. The Hall–Kier alpha value is -1.29. The molecule has 1 aliphatic rings. The lowest BCUT2D eigenvalue weighted by molar-refractivity contribution is 0.0665. The second kappa shape index (κ2) is 6.05. The quantitative estimate of drug-likeness (QED) is 0.851. The number of alkyl halides is 1. The third-order valence-electron chi connectivity index (χ3n) is 3.32. The molecule has 1 N–H and O–H groups in total. The van der Waals surface area contributed by atoms with Gasteiger partial charge in [-0.1, -0.05) is 6.07 Å². The van der Waals surface area contributed by atoms with Crippen molar-refractivity contribution in [1.29, 1.82) is 0 Å². The number of aromatic nitrogens is 1. The van der Waals surface area contributed by atoms with Crippen molar-refractivity contribution in [2.45, 2.75) is 19.3 Å². The van der Waals surface area contributed by atoms with Gasteiger partial charge in [-0.3, -0.25) is 9.59 Å². The van der Waals surface area contributed by atoms with Crippen molar-refractivity contribution in [3.8, 4) is 0 Å². The maximum Gasteiger partial charge on any atom is 0.270 e. The van der Waals surface area contributed by atoms with Crippen LogP contribution in [0.15, 0.2) is 23.0 Å². The highest BCUT2D eigenvalue weighted by molar-refractivity contribution is 6.17. The van der Waals surface area contributed by atoms with Crippen LogP contribution in [-0.2, 0) is 0 Å². The SMILES string of the molecule is O=C(c1cccc(=O)[nH]1)N1CCCC(CCCl)C1. The molecule has 2 rings (SSSR count). The number of piperidine rings is 1. The van der Waals surface area contributed by atoms with E-state index in [1.807, 2.05) is 4.90 Å². The normalized spacial score (nSPS) is 19.8. The standard InChI is InChI=1S/C13H17ClN2O2/c14-7-6-10-3-2-8-16(9-10)13(18)11-4-1-5-12(17)15-11/h1,4-5,10H,2-3,6-9H2,(H,15,17). The monoisotopic (exact) mass is 268 g/mol.